The molecule has 38 heavy (non-hydrogen) atoms. The van der Waals surface area contributed by atoms with Crippen LogP contribution in [0, 0.1) is 12.5 Å². The molecule has 3 aromatic carbocycles. The van der Waals surface area contributed by atoms with E-state index in [0.29, 0.717) is 0 Å². The van der Waals surface area contributed by atoms with Gasteiger partial charge in [0.25, 0.3) is 0 Å². The van der Waals surface area contributed by atoms with Gasteiger partial charge in [-0.15, -0.1) is 35.9 Å². The van der Waals surface area contributed by atoms with E-state index in [9.17, 15) is 0 Å². The molecule has 0 saturated heterocycles. The van der Waals surface area contributed by atoms with Gasteiger partial charge in [-0.2, -0.15) is 12.5 Å². The minimum absolute atomic E-state index is 0. The largest absolute Gasteiger partial charge is 0.501 e. The number of rotatable bonds is 2. The molecule has 0 amide bonds. The molecule has 3 aromatic heterocycles. The SMILES string of the molecule is C1=CC[CH-]C(c2nc3cccc4c3n2CC=C4)=C1.[Ir].[c-]1ccc2c(oc3ccccc32)c1-c1ccccn1. The second kappa shape index (κ2) is 10.3. The number of fused-ring (bicyclic) bond motifs is 3. The number of para-hydroxylation sites is 2. The third kappa shape index (κ3) is 4.20. The summed E-state index contributed by atoms with van der Waals surface area (Å²) in [5.74, 6) is 1.09. The van der Waals surface area contributed by atoms with Gasteiger partial charge in [-0.25, -0.2) is 0 Å². The fourth-order valence-corrected chi connectivity index (χ4v) is 5.10. The first-order valence-corrected chi connectivity index (χ1v) is 12.5. The van der Waals surface area contributed by atoms with Crippen LogP contribution in [0.3, 0.4) is 0 Å². The van der Waals surface area contributed by atoms with Crippen LogP contribution in [0.1, 0.15) is 17.8 Å². The van der Waals surface area contributed by atoms with Crippen LogP contribution in [0.5, 0.6) is 0 Å². The van der Waals surface area contributed by atoms with Gasteiger partial charge in [-0.1, -0.05) is 72.0 Å². The van der Waals surface area contributed by atoms with E-state index in [-0.39, 0.29) is 20.1 Å². The Morgan fingerprint density at radius 1 is 0.921 bits per heavy atom. The van der Waals surface area contributed by atoms with E-state index < -0.39 is 0 Å². The Morgan fingerprint density at radius 3 is 2.71 bits per heavy atom. The van der Waals surface area contributed by atoms with Crippen LogP contribution in [0.2, 0.25) is 0 Å². The molecular weight excluding hydrogens is 647 g/mol. The van der Waals surface area contributed by atoms with Gasteiger partial charge in [0.05, 0.1) is 16.6 Å². The maximum absolute atomic E-state index is 5.97. The van der Waals surface area contributed by atoms with E-state index >= 15 is 0 Å². The Kier molecular flexibility index (Phi) is 6.55. The van der Waals surface area contributed by atoms with Gasteiger partial charge in [0.15, 0.2) is 0 Å². The smallest absolute Gasteiger partial charge is 0.120 e. The Labute approximate surface area is 234 Å². The Balaban J connectivity index is 0.000000136. The molecule has 4 nitrogen and oxygen atoms in total. The van der Waals surface area contributed by atoms with Crippen LogP contribution >= 0.6 is 0 Å². The first kappa shape index (κ1) is 24.2. The molecule has 0 bridgehead atoms. The van der Waals surface area contributed by atoms with Crippen LogP contribution in [0.15, 0.2) is 108 Å². The summed E-state index contributed by atoms with van der Waals surface area (Å²) in [4.78, 5) is 9.18. The molecule has 0 fully saturated rings. The molecule has 187 valence electrons. The summed E-state index contributed by atoms with van der Waals surface area (Å²) in [5, 5.41) is 2.23. The number of nitrogens with zero attached hydrogens (tertiary/aromatic N) is 3. The summed E-state index contributed by atoms with van der Waals surface area (Å²) in [7, 11) is 0. The fraction of sp³-hybridized carbons (Fsp3) is 0.0606. The number of hydrogen-bond donors (Lipinski definition) is 0. The molecule has 1 radical (unpaired) electrons. The van der Waals surface area contributed by atoms with Gasteiger partial charge in [-0.05, 0) is 29.5 Å². The molecule has 5 heteroatoms. The molecule has 0 atom stereocenters. The van der Waals surface area contributed by atoms with Crippen molar-refractivity contribution in [2.45, 2.75) is 13.0 Å². The monoisotopic (exact) mass is 670 g/mol. The van der Waals surface area contributed by atoms with Crippen LogP contribution in [-0.4, -0.2) is 14.5 Å². The first-order valence-electron chi connectivity index (χ1n) is 12.5. The zero-order chi connectivity index (χ0) is 24.6. The zero-order valence-electron chi connectivity index (χ0n) is 20.5. The van der Waals surface area contributed by atoms with Gasteiger partial charge >= 0.3 is 0 Å². The molecule has 0 N–H and O–H groups in total. The molecule has 2 aliphatic rings. The summed E-state index contributed by atoms with van der Waals surface area (Å²) in [6, 6.07) is 27.4. The maximum atomic E-state index is 5.97. The van der Waals surface area contributed by atoms with Crippen molar-refractivity contribution in [3.63, 3.8) is 0 Å². The minimum Gasteiger partial charge on any atom is -0.501 e. The predicted octanol–water partition coefficient (Wildman–Crippen LogP) is 8.06. The van der Waals surface area contributed by atoms with Crippen molar-refractivity contribution in [2.75, 3.05) is 0 Å². The molecule has 0 spiro atoms. The van der Waals surface area contributed by atoms with Crippen LogP contribution in [0.25, 0.3) is 55.9 Å². The van der Waals surface area contributed by atoms with Crippen LogP contribution < -0.4 is 0 Å². The van der Waals surface area contributed by atoms with E-state index in [1.807, 2.05) is 48.5 Å². The molecule has 0 unspecified atom stereocenters. The van der Waals surface area contributed by atoms with Crippen molar-refractivity contribution >= 4 is 44.6 Å². The van der Waals surface area contributed by atoms with Gasteiger partial charge in [0.1, 0.15) is 5.58 Å². The molecular formula is C33H23IrN3O-2. The van der Waals surface area contributed by atoms with E-state index in [2.05, 4.69) is 76.7 Å². The van der Waals surface area contributed by atoms with Crippen molar-refractivity contribution in [3.8, 4) is 11.3 Å². The summed E-state index contributed by atoms with van der Waals surface area (Å²) in [6.07, 6.45) is 15.8. The zero-order valence-corrected chi connectivity index (χ0v) is 22.9. The van der Waals surface area contributed by atoms with Gasteiger partial charge in [-0.3, -0.25) is 4.98 Å². The number of benzene rings is 3. The summed E-state index contributed by atoms with van der Waals surface area (Å²) in [6.45, 7) is 0.914. The van der Waals surface area contributed by atoms with E-state index in [1.165, 1.54) is 16.7 Å². The second-order valence-electron chi connectivity index (χ2n) is 9.06. The fourth-order valence-electron chi connectivity index (χ4n) is 5.10. The maximum Gasteiger partial charge on any atom is 0.120 e. The third-order valence-corrected chi connectivity index (χ3v) is 6.79. The Morgan fingerprint density at radius 2 is 1.84 bits per heavy atom. The van der Waals surface area contributed by atoms with Crippen molar-refractivity contribution < 1.29 is 24.5 Å². The number of pyridine rings is 1. The number of aromatic nitrogens is 3. The number of hydrogen-bond acceptors (Lipinski definition) is 3. The van der Waals surface area contributed by atoms with Gasteiger partial charge in [0.2, 0.25) is 0 Å². The van der Waals surface area contributed by atoms with Gasteiger partial charge in [0, 0.05) is 44.1 Å². The molecule has 8 rings (SSSR count). The standard InChI is InChI=1S/C17H10NO.C16H13N2.Ir/c1-2-10-16-12(6-1)13-7-5-8-14(17(13)19-16)15-9-3-4-11-18-15;1-2-6-13(7-3-1)16-17-14-10-4-8-12-9-5-11-18(16)15(12)14;/h1-7,9-11H;1-2,4-10H,3,11H2;/q2*-1;. The van der Waals surface area contributed by atoms with Crippen LogP contribution in [0.4, 0.5) is 0 Å². The second-order valence-corrected chi connectivity index (χ2v) is 9.06. The number of allylic oxidation sites excluding steroid dienone is 5. The number of furan rings is 1. The summed E-state index contributed by atoms with van der Waals surface area (Å²) in [5.41, 5.74) is 8.40. The summed E-state index contributed by atoms with van der Waals surface area (Å²) >= 11 is 0. The molecule has 4 heterocycles. The normalized spacial score (nSPS) is 13.5. The quantitative estimate of drug-likeness (QED) is 0.175. The third-order valence-electron chi connectivity index (χ3n) is 6.79. The van der Waals surface area contributed by atoms with Crippen molar-refractivity contribution in [1.82, 2.24) is 14.5 Å². The van der Waals surface area contributed by atoms with Crippen molar-refractivity contribution in [3.05, 3.63) is 127 Å². The minimum atomic E-state index is 0. The average molecular weight is 670 g/mol. The molecule has 1 aliphatic carbocycles. The summed E-state index contributed by atoms with van der Waals surface area (Å²) < 4.78 is 8.28. The van der Waals surface area contributed by atoms with E-state index in [0.717, 1.165) is 57.5 Å². The van der Waals surface area contributed by atoms with E-state index in [4.69, 9.17) is 9.40 Å². The Hall–Kier alpha value is -4.18. The number of imidazole rings is 1. The molecule has 6 aromatic rings. The van der Waals surface area contributed by atoms with Crippen molar-refractivity contribution in [1.29, 1.82) is 0 Å². The van der Waals surface area contributed by atoms with Gasteiger partial charge < -0.3 is 14.0 Å². The average Bonchev–Trinajstić information content (AvgIpc) is 3.55. The Bertz CT molecular complexity index is 1860. The predicted molar refractivity (Wildman–Crippen MR) is 151 cm³/mol. The van der Waals surface area contributed by atoms with Crippen molar-refractivity contribution in [2.24, 2.45) is 0 Å². The van der Waals surface area contributed by atoms with Crippen LogP contribution in [-0.2, 0) is 26.7 Å². The first-order chi connectivity index (χ1) is 18.4. The molecule has 1 aliphatic heterocycles. The topological polar surface area (TPSA) is 43.9 Å². The van der Waals surface area contributed by atoms with E-state index in [1.54, 1.807) is 6.20 Å². The molecule has 0 saturated carbocycles.